The van der Waals surface area contributed by atoms with Crippen LogP contribution >= 0.6 is 0 Å². The molecule has 3 rings (SSSR count). The molecule has 12 nitrogen and oxygen atoms in total. The van der Waals surface area contributed by atoms with Gasteiger partial charge in [0.15, 0.2) is 11.5 Å². The third-order valence-corrected chi connectivity index (χ3v) is 5.51. The number of nitrogens with zero attached hydrogens (tertiary/aromatic N) is 2. The van der Waals surface area contributed by atoms with Crippen molar-refractivity contribution >= 4 is 23.5 Å². The number of nitrogens with one attached hydrogen (secondary N) is 3. The molecule has 0 saturated carbocycles. The highest BCUT2D eigenvalue weighted by molar-refractivity contribution is 5.98. The third kappa shape index (κ3) is 10.0. The lowest BCUT2D eigenvalue weighted by Gasteiger charge is -2.22. The van der Waals surface area contributed by atoms with Gasteiger partial charge in [-0.3, -0.25) is 24.2 Å². The zero-order valence-electron chi connectivity index (χ0n) is 22.7. The summed E-state index contributed by atoms with van der Waals surface area (Å²) in [7, 11) is 1.38. The molecule has 2 aromatic heterocycles. The number of ether oxygens (including phenoxy) is 2. The van der Waals surface area contributed by atoms with Crippen molar-refractivity contribution in [2.75, 3.05) is 26.9 Å². The molecular weight excluding hydrogens is 494 g/mol. The number of methoxy groups -OCH3 is 1. The number of epoxide rings is 1. The van der Waals surface area contributed by atoms with Crippen molar-refractivity contribution in [2.45, 2.75) is 58.7 Å². The highest BCUT2D eigenvalue weighted by Crippen LogP contribution is 2.29. The Morgan fingerprint density at radius 3 is 2.34 bits per heavy atom. The molecule has 0 radical (unpaired) electrons. The molecular formula is C26H37N5O7. The highest BCUT2D eigenvalue weighted by Gasteiger charge is 2.50. The first-order valence-electron chi connectivity index (χ1n) is 12.3. The van der Waals surface area contributed by atoms with Gasteiger partial charge in [0.2, 0.25) is 11.8 Å². The molecule has 38 heavy (non-hydrogen) atoms. The molecule has 3 amide bonds. The van der Waals surface area contributed by atoms with Crippen LogP contribution in [-0.4, -0.2) is 78.2 Å². The van der Waals surface area contributed by atoms with Crippen LogP contribution in [-0.2, 0) is 23.9 Å². The van der Waals surface area contributed by atoms with Crippen molar-refractivity contribution in [3.05, 3.63) is 47.6 Å². The van der Waals surface area contributed by atoms with E-state index in [2.05, 4.69) is 26.1 Å². The highest BCUT2D eigenvalue weighted by atomic mass is 16.6. The molecule has 2 aromatic rings. The quantitative estimate of drug-likeness (QED) is 0.340. The minimum Gasteiger partial charge on any atom is -0.382 e. The van der Waals surface area contributed by atoms with Crippen LogP contribution in [0.25, 0.3) is 0 Å². The van der Waals surface area contributed by atoms with E-state index in [1.807, 2.05) is 39.1 Å². The lowest BCUT2D eigenvalue weighted by atomic mass is 9.93. The Labute approximate surface area is 222 Å². The van der Waals surface area contributed by atoms with Crippen molar-refractivity contribution in [1.29, 1.82) is 0 Å². The second-order valence-corrected chi connectivity index (χ2v) is 9.69. The van der Waals surface area contributed by atoms with Crippen molar-refractivity contribution in [2.24, 2.45) is 5.92 Å². The number of pyridine rings is 1. The van der Waals surface area contributed by atoms with Crippen molar-refractivity contribution in [3.8, 4) is 0 Å². The van der Waals surface area contributed by atoms with Gasteiger partial charge in [-0.2, -0.15) is 0 Å². The standard InChI is InChI=1S/C20H30N4O7.C6H7N/c1-11(2)6-13(17(26)20(4)10-30-20)22-16(25)8-21-18(27)15(9-29-5)23-19(28)14-7-12(3)31-24-14;1-6-3-2-4-7-5-6/h7,11,13,15H,6,8-10H2,1-5H3,(H,21,27)(H,22,25)(H,23,28);2-5H,1H3/t13-,15-,20+;/m0./s1. The third-order valence-electron chi connectivity index (χ3n) is 5.51. The molecule has 12 heteroatoms. The summed E-state index contributed by atoms with van der Waals surface area (Å²) in [5, 5.41) is 11.2. The van der Waals surface area contributed by atoms with Gasteiger partial charge in [0.25, 0.3) is 5.91 Å². The van der Waals surface area contributed by atoms with Gasteiger partial charge < -0.3 is 29.9 Å². The van der Waals surface area contributed by atoms with Crippen molar-refractivity contribution < 1.29 is 33.2 Å². The summed E-state index contributed by atoms with van der Waals surface area (Å²) in [6.07, 6.45) is 4.06. The average Bonchev–Trinajstić information content (AvgIpc) is 3.47. The first-order chi connectivity index (χ1) is 17.9. The number of hydrogen-bond acceptors (Lipinski definition) is 9. The van der Waals surface area contributed by atoms with E-state index in [0.29, 0.717) is 18.8 Å². The monoisotopic (exact) mass is 531 g/mol. The fourth-order valence-corrected chi connectivity index (χ4v) is 3.36. The predicted molar refractivity (Wildman–Crippen MR) is 137 cm³/mol. The molecule has 0 bridgehead atoms. The summed E-state index contributed by atoms with van der Waals surface area (Å²) in [5.41, 5.74) is 0.376. The molecule has 1 saturated heterocycles. The van der Waals surface area contributed by atoms with Gasteiger partial charge in [0.1, 0.15) is 17.4 Å². The minimum absolute atomic E-state index is 0.0231. The van der Waals surface area contributed by atoms with E-state index in [9.17, 15) is 19.2 Å². The van der Waals surface area contributed by atoms with Gasteiger partial charge in [0.05, 0.1) is 25.8 Å². The molecule has 1 aliphatic heterocycles. The van der Waals surface area contributed by atoms with Crippen LogP contribution in [0.1, 0.15) is 49.0 Å². The maximum Gasteiger partial charge on any atom is 0.274 e. The second-order valence-electron chi connectivity index (χ2n) is 9.69. The fourth-order valence-electron chi connectivity index (χ4n) is 3.36. The average molecular weight is 532 g/mol. The zero-order chi connectivity index (χ0) is 28.3. The molecule has 1 fully saturated rings. The lowest BCUT2D eigenvalue weighted by Crippen LogP contribution is -2.53. The van der Waals surface area contributed by atoms with Gasteiger partial charge in [0, 0.05) is 25.6 Å². The first-order valence-corrected chi connectivity index (χ1v) is 12.3. The molecule has 0 aromatic carbocycles. The van der Waals surface area contributed by atoms with Crippen LogP contribution < -0.4 is 16.0 Å². The Balaban J connectivity index is 0.000000624. The van der Waals surface area contributed by atoms with Crippen LogP contribution in [0.5, 0.6) is 0 Å². The lowest BCUT2D eigenvalue weighted by molar-refractivity contribution is -0.131. The van der Waals surface area contributed by atoms with E-state index in [0.717, 1.165) is 0 Å². The number of hydrogen-bond donors (Lipinski definition) is 3. The molecule has 208 valence electrons. The van der Waals surface area contributed by atoms with Crippen LogP contribution in [0.3, 0.4) is 0 Å². The number of rotatable bonds is 12. The van der Waals surface area contributed by atoms with Crippen LogP contribution in [0.15, 0.2) is 35.1 Å². The van der Waals surface area contributed by atoms with Crippen molar-refractivity contribution in [3.63, 3.8) is 0 Å². The number of aromatic nitrogens is 2. The van der Waals surface area contributed by atoms with Crippen LogP contribution in [0.4, 0.5) is 0 Å². The minimum atomic E-state index is -1.05. The van der Waals surface area contributed by atoms with E-state index in [1.165, 1.54) is 18.7 Å². The van der Waals surface area contributed by atoms with E-state index in [1.54, 1.807) is 20.0 Å². The Hall–Kier alpha value is -3.64. The largest absolute Gasteiger partial charge is 0.382 e. The summed E-state index contributed by atoms with van der Waals surface area (Å²) in [6, 6.07) is 3.62. The normalized spacial score (nSPS) is 17.4. The molecule has 0 unspecified atom stereocenters. The molecule has 0 spiro atoms. The molecule has 1 aliphatic rings. The SMILES string of the molecule is COC[C@H](NC(=O)c1cc(C)on1)C(=O)NCC(=O)N[C@@H](CC(C)C)C(=O)[C@@]1(C)CO1.Cc1cccnc1. The number of Topliss-reactive ketones (excluding diaryl/α,β-unsaturated/α-hetero) is 1. The van der Waals surface area contributed by atoms with Crippen LogP contribution in [0.2, 0.25) is 0 Å². The van der Waals surface area contributed by atoms with Gasteiger partial charge >= 0.3 is 0 Å². The Morgan fingerprint density at radius 2 is 1.87 bits per heavy atom. The topological polar surface area (TPSA) is 165 Å². The number of carbonyl (C=O) groups is 4. The van der Waals surface area contributed by atoms with Gasteiger partial charge in [-0.25, -0.2) is 0 Å². The van der Waals surface area contributed by atoms with Gasteiger partial charge in [-0.05, 0) is 44.7 Å². The molecule has 3 atom stereocenters. The Bertz CT molecular complexity index is 1080. The summed E-state index contributed by atoms with van der Waals surface area (Å²) in [5.74, 6) is -1.31. The zero-order valence-corrected chi connectivity index (χ0v) is 22.7. The number of carbonyl (C=O) groups excluding carboxylic acids is 4. The Morgan fingerprint density at radius 1 is 1.16 bits per heavy atom. The molecule has 0 aliphatic carbocycles. The smallest absolute Gasteiger partial charge is 0.274 e. The summed E-state index contributed by atoms with van der Waals surface area (Å²) in [4.78, 5) is 53.5. The first kappa shape index (κ1) is 30.6. The van der Waals surface area contributed by atoms with Gasteiger partial charge in [-0.15, -0.1) is 0 Å². The Kier molecular flexibility index (Phi) is 11.5. The van der Waals surface area contributed by atoms with Crippen LogP contribution in [0, 0.1) is 19.8 Å². The predicted octanol–water partition coefficient (Wildman–Crippen LogP) is 1.12. The molecule has 3 heterocycles. The second kappa shape index (κ2) is 14.3. The number of aryl methyl sites for hydroxylation is 2. The summed E-state index contributed by atoms with van der Waals surface area (Å²) >= 11 is 0. The van der Waals surface area contributed by atoms with E-state index in [-0.39, 0.29) is 30.5 Å². The maximum absolute atomic E-state index is 12.6. The summed E-state index contributed by atoms with van der Waals surface area (Å²) in [6.45, 7) is 9.08. The van der Waals surface area contributed by atoms with E-state index < -0.39 is 35.4 Å². The fraction of sp³-hybridized carbons (Fsp3) is 0.538. The summed E-state index contributed by atoms with van der Waals surface area (Å²) < 4.78 is 15.0. The number of ketones is 1. The van der Waals surface area contributed by atoms with E-state index in [4.69, 9.17) is 14.0 Å². The van der Waals surface area contributed by atoms with Gasteiger partial charge in [-0.1, -0.05) is 25.1 Å². The van der Waals surface area contributed by atoms with E-state index >= 15 is 0 Å². The maximum atomic E-state index is 12.6. The molecule has 3 N–H and O–H groups in total. The number of amides is 3. The van der Waals surface area contributed by atoms with Crippen molar-refractivity contribution in [1.82, 2.24) is 26.1 Å².